The molecule has 1 fully saturated rings. The maximum atomic E-state index is 12.8. The summed E-state index contributed by atoms with van der Waals surface area (Å²) in [4.78, 5) is 42.6. The van der Waals surface area contributed by atoms with Crippen LogP contribution in [-0.4, -0.2) is 46.0 Å². The molecular weight excluding hydrogens is 382 g/mol. The number of carbonyl (C=O) groups excluding carboxylic acids is 2. The molecule has 1 aromatic carbocycles. The Bertz CT molecular complexity index is 1060. The number of carbonyl (C=O) groups is 2. The van der Waals surface area contributed by atoms with Crippen LogP contribution >= 0.6 is 0 Å². The van der Waals surface area contributed by atoms with Crippen molar-refractivity contribution in [2.45, 2.75) is 42.9 Å². The van der Waals surface area contributed by atoms with Crippen LogP contribution in [0.3, 0.4) is 0 Å². The smallest absolute Gasteiger partial charge is 0.308 e. The van der Waals surface area contributed by atoms with Crippen molar-refractivity contribution in [3.05, 3.63) is 45.5 Å². The SMILES string of the molecule is CC(=O)Oc1ccc2c3c1O[C@H]1C(=O)C=C[C@@]4(O[N+](=O)[O-])[C@@H](C2)N(C#N)CC[C@]314. The molecule has 0 radical (unpaired) electrons. The van der Waals surface area contributed by atoms with Gasteiger partial charge in [-0.05, 0) is 36.6 Å². The highest BCUT2D eigenvalue weighted by atomic mass is 17.0. The number of hydrogen-bond acceptors (Lipinski definition) is 9. The summed E-state index contributed by atoms with van der Waals surface area (Å²) in [5.74, 6) is -0.513. The van der Waals surface area contributed by atoms with Crippen LogP contribution in [0.25, 0.3) is 0 Å². The van der Waals surface area contributed by atoms with Crippen molar-refractivity contribution in [2.24, 2.45) is 0 Å². The molecule has 1 spiro atoms. The molecule has 2 heterocycles. The summed E-state index contributed by atoms with van der Waals surface area (Å²) in [6, 6.07) is 2.65. The predicted octanol–water partition coefficient (Wildman–Crippen LogP) is 0.808. The average Bonchev–Trinajstić information content (AvgIpc) is 3.00. The topological polar surface area (TPSA) is 132 Å². The lowest BCUT2D eigenvalue weighted by Crippen LogP contribution is -2.75. The summed E-state index contributed by atoms with van der Waals surface area (Å²) in [6.07, 6.45) is 4.17. The van der Waals surface area contributed by atoms with E-state index in [0.29, 0.717) is 12.1 Å². The number of esters is 1. The molecule has 29 heavy (non-hydrogen) atoms. The van der Waals surface area contributed by atoms with Crippen molar-refractivity contribution < 1.29 is 29.0 Å². The van der Waals surface area contributed by atoms with E-state index in [4.69, 9.17) is 14.3 Å². The van der Waals surface area contributed by atoms with Crippen molar-refractivity contribution in [3.63, 3.8) is 0 Å². The molecule has 1 saturated heterocycles. The highest BCUT2D eigenvalue weighted by Gasteiger charge is 2.74. The third-order valence-corrected chi connectivity index (χ3v) is 6.43. The van der Waals surface area contributed by atoms with Gasteiger partial charge in [-0.3, -0.25) is 14.4 Å². The first-order chi connectivity index (χ1) is 13.8. The van der Waals surface area contributed by atoms with Crippen LogP contribution in [0.2, 0.25) is 0 Å². The van der Waals surface area contributed by atoms with Crippen molar-refractivity contribution in [2.75, 3.05) is 6.54 Å². The molecule has 10 heteroatoms. The average molecular weight is 397 g/mol. The number of ketones is 1. The lowest BCUT2D eigenvalue weighted by atomic mass is 9.51. The molecule has 2 aliphatic carbocycles. The van der Waals surface area contributed by atoms with Gasteiger partial charge >= 0.3 is 5.97 Å². The van der Waals surface area contributed by atoms with Gasteiger partial charge in [-0.15, -0.1) is 10.1 Å². The minimum absolute atomic E-state index is 0.156. The normalized spacial score (nSPS) is 32.7. The molecule has 2 bridgehead atoms. The van der Waals surface area contributed by atoms with Crippen LogP contribution in [-0.2, 0) is 26.3 Å². The number of hydrogen-bond donors (Lipinski definition) is 0. The van der Waals surface area contributed by atoms with E-state index in [1.165, 1.54) is 24.0 Å². The van der Waals surface area contributed by atoms with Gasteiger partial charge in [0.1, 0.15) is 0 Å². The Morgan fingerprint density at radius 3 is 2.97 bits per heavy atom. The van der Waals surface area contributed by atoms with Gasteiger partial charge in [0.2, 0.25) is 0 Å². The van der Waals surface area contributed by atoms with E-state index in [1.807, 2.05) is 0 Å². The summed E-state index contributed by atoms with van der Waals surface area (Å²) in [6.45, 7) is 1.54. The highest BCUT2D eigenvalue weighted by Crippen LogP contribution is 2.64. The van der Waals surface area contributed by atoms with Crippen molar-refractivity contribution in [1.29, 1.82) is 5.26 Å². The first-order valence-electron chi connectivity index (χ1n) is 9.08. The highest BCUT2D eigenvalue weighted by molar-refractivity contribution is 5.99. The second-order valence-electron chi connectivity index (χ2n) is 7.60. The van der Waals surface area contributed by atoms with Crippen molar-refractivity contribution in [1.82, 2.24) is 4.90 Å². The molecule has 1 aromatic rings. The number of piperidine rings is 1. The molecule has 0 N–H and O–H groups in total. The van der Waals surface area contributed by atoms with E-state index in [-0.39, 0.29) is 30.1 Å². The second-order valence-corrected chi connectivity index (χ2v) is 7.60. The molecule has 4 aliphatic rings. The Balaban J connectivity index is 1.84. The van der Waals surface area contributed by atoms with Gasteiger partial charge in [-0.1, -0.05) is 6.07 Å². The minimum Gasteiger partial charge on any atom is -0.477 e. The van der Waals surface area contributed by atoms with E-state index in [2.05, 4.69) is 6.19 Å². The number of likely N-dealkylation sites (tertiary alicyclic amines) is 1. The van der Waals surface area contributed by atoms with Crippen molar-refractivity contribution >= 4 is 11.8 Å². The number of nitrogens with zero attached hydrogens (tertiary/aromatic N) is 3. The molecule has 0 unspecified atom stereocenters. The maximum absolute atomic E-state index is 12.8. The first-order valence-corrected chi connectivity index (χ1v) is 9.08. The van der Waals surface area contributed by atoms with Crippen LogP contribution < -0.4 is 9.47 Å². The summed E-state index contributed by atoms with van der Waals surface area (Å²) in [7, 11) is 0. The van der Waals surface area contributed by atoms with E-state index < -0.39 is 34.2 Å². The lowest BCUT2D eigenvalue weighted by Gasteiger charge is -2.60. The largest absolute Gasteiger partial charge is 0.477 e. The van der Waals surface area contributed by atoms with Crippen LogP contribution in [0.5, 0.6) is 11.5 Å². The van der Waals surface area contributed by atoms with Gasteiger partial charge < -0.3 is 14.4 Å². The molecule has 5 rings (SSSR count). The second kappa shape index (κ2) is 5.47. The molecule has 4 atom stereocenters. The van der Waals surface area contributed by atoms with Gasteiger partial charge in [0.25, 0.3) is 5.09 Å². The molecular formula is C19H15N3O7. The Morgan fingerprint density at radius 2 is 2.28 bits per heavy atom. The van der Waals surface area contributed by atoms with Crippen LogP contribution in [0.1, 0.15) is 24.5 Å². The molecule has 2 aliphatic heterocycles. The molecule has 0 aromatic heterocycles. The lowest BCUT2D eigenvalue weighted by molar-refractivity contribution is -0.783. The number of rotatable bonds is 3. The maximum Gasteiger partial charge on any atom is 0.308 e. The Hall–Kier alpha value is -3.61. The van der Waals surface area contributed by atoms with E-state index >= 15 is 0 Å². The molecule has 0 amide bonds. The summed E-state index contributed by atoms with van der Waals surface area (Å²) >= 11 is 0. The van der Waals surface area contributed by atoms with Gasteiger partial charge in [0.05, 0.1) is 11.5 Å². The number of nitriles is 1. The molecule has 0 saturated carbocycles. The summed E-state index contributed by atoms with van der Waals surface area (Å²) < 4.78 is 11.3. The third-order valence-electron chi connectivity index (χ3n) is 6.43. The van der Waals surface area contributed by atoms with E-state index in [1.54, 1.807) is 12.1 Å². The third kappa shape index (κ3) is 1.94. The van der Waals surface area contributed by atoms with Gasteiger partial charge in [-0.25, -0.2) is 0 Å². The Kier molecular flexibility index (Phi) is 3.30. The zero-order valence-corrected chi connectivity index (χ0v) is 15.3. The van der Waals surface area contributed by atoms with Crippen LogP contribution in [0, 0.1) is 21.6 Å². The van der Waals surface area contributed by atoms with E-state index in [9.17, 15) is 25.0 Å². The first kappa shape index (κ1) is 17.5. The standard InChI is InChI=1S/C19H15N3O7/c1-10(23)27-13-3-2-11-8-14-19(29-22(25)26)5-4-12(24)17-18(19,6-7-21(14)9-20)15(11)16(13)28-17/h2-5,14,17H,6-8H2,1H3/t14-,17+,18+,19-/m1/s1. The number of benzene rings is 1. The monoisotopic (exact) mass is 397 g/mol. The van der Waals surface area contributed by atoms with Gasteiger partial charge in [0, 0.05) is 19.0 Å². The minimum atomic E-state index is -1.57. The van der Waals surface area contributed by atoms with Crippen molar-refractivity contribution in [3.8, 4) is 17.7 Å². The zero-order chi connectivity index (χ0) is 20.6. The quantitative estimate of drug-likeness (QED) is 0.239. The van der Waals surface area contributed by atoms with Crippen LogP contribution in [0.15, 0.2) is 24.3 Å². The molecule has 148 valence electrons. The fraction of sp³-hybridized carbons (Fsp3) is 0.421. The van der Waals surface area contributed by atoms with Gasteiger partial charge in [0.15, 0.2) is 35.2 Å². The predicted molar refractivity (Wildman–Crippen MR) is 93.2 cm³/mol. The van der Waals surface area contributed by atoms with Crippen LogP contribution in [0.4, 0.5) is 0 Å². The fourth-order valence-corrected chi connectivity index (χ4v) is 5.54. The number of ether oxygens (including phenoxy) is 2. The molecule has 10 nitrogen and oxygen atoms in total. The summed E-state index contributed by atoms with van der Waals surface area (Å²) in [5, 5.41) is 20.3. The van der Waals surface area contributed by atoms with Gasteiger partial charge in [-0.2, -0.15) is 5.26 Å². The Morgan fingerprint density at radius 1 is 1.48 bits per heavy atom. The van der Waals surface area contributed by atoms with E-state index in [0.717, 1.165) is 5.56 Å². The fourth-order valence-electron chi connectivity index (χ4n) is 5.54. The summed E-state index contributed by atoms with van der Waals surface area (Å²) in [5.41, 5.74) is -1.39. The zero-order valence-electron chi connectivity index (χ0n) is 15.3. The Labute approximate surface area is 164 Å².